The summed E-state index contributed by atoms with van der Waals surface area (Å²) >= 11 is 0. The van der Waals surface area contributed by atoms with Crippen molar-refractivity contribution in [2.75, 3.05) is 0 Å². The third kappa shape index (κ3) is 1.77. The third-order valence-corrected chi connectivity index (χ3v) is 7.58. The molecular weight excluding hydrogens is 384 g/mol. The number of fused-ring (bicyclic) bond motifs is 7. The van der Waals surface area contributed by atoms with Gasteiger partial charge in [0.05, 0.1) is 22.3 Å². The van der Waals surface area contributed by atoms with Crippen LogP contribution in [0.5, 0.6) is 0 Å². The van der Waals surface area contributed by atoms with E-state index in [0.717, 1.165) is 22.3 Å². The number of carbonyl (C=O) groups excluding carboxylic acids is 4. The van der Waals surface area contributed by atoms with Gasteiger partial charge >= 0.3 is 23.9 Å². The zero-order chi connectivity index (χ0) is 21.3. The Balaban J connectivity index is 1.63. The van der Waals surface area contributed by atoms with Crippen LogP contribution in [0.15, 0.2) is 24.3 Å². The molecule has 6 rings (SSSR count). The van der Waals surface area contributed by atoms with Gasteiger partial charge in [0.25, 0.3) is 0 Å². The maximum atomic E-state index is 12.2. The lowest BCUT2D eigenvalue weighted by molar-refractivity contribution is 0.0425. The summed E-state index contributed by atoms with van der Waals surface area (Å²) in [5.74, 6) is -2.38. The lowest BCUT2D eigenvalue weighted by Gasteiger charge is -2.31. The van der Waals surface area contributed by atoms with E-state index in [9.17, 15) is 19.2 Å². The van der Waals surface area contributed by atoms with Crippen LogP contribution in [0.3, 0.4) is 0 Å². The van der Waals surface area contributed by atoms with Crippen molar-refractivity contribution in [3.8, 4) is 0 Å². The summed E-state index contributed by atoms with van der Waals surface area (Å²) < 4.78 is 9.63. The molecule has 2 heterocycles. The maximum absolute atomic E-state index is 12.2. The number of ether oxygens (including phenoxy) is 2. The van der Waals surface area contributed by atoms with E-state index >= 15 is 0 Å². The average molecular weight is 402 g/mol. The number of cyclic esters (lactones) is 4. The summed E-state index contributed by atoms with van der Waals surface area (Å²) in [5, 5.41) is 0. The smallest absolute Gasteiger partial charge is 0.346 e. The van der Waals surface area contributed by atoms with Gasteiger partial charge in [0, 0.05) is 11.8 Å². The highest BCUT2D eigenvalue weighted by atomic mass is 16.6. The van der Waals surface area contributed by atoms with Crippen LogP contribution in [0.1, 0.15) is 103 Å². The molecule has 2 aromatic rings. The zero-order valence-electron chi connectivity index (χ0n) is 16.9. The normalized spacial score (nSPS) is 26.0. The Morgan fingerprint density at radius 2 is 0.867 bits per heavy atom. The molecule has 0 N–H and O–H groups in total. The number of rotatable bonds is 0. The molecule has 2 unspecified atom stereocenters. The highest BCUT2D eigenvalue weighted by molar-refractivity contribution is 6.16. The van der Waals surface area contributed by atoms with Crippen LogP contribution in [0.4, 0.5) is 0 Å². The minimum Gasteiger partial charge on any atom is -0.386 e. The first kappa shape index (κ1) is 17.6. The molecule has 0 saturated heterocycles. The van der Waals surface area contributed by atoms with Crippen LogP contribution in [0, 0.1) is 0 Å². The van der Waals surface area contributed by atoms with Gasteiger partial charge in [-0.2, -0.15) is 0 Å². The van der Waals surface area contributed by atoms with E-state index < -0.39 is 23.9 Å². The van der Waals surface area contributed by atoms with E-state index in [2.05, 4.69) is 27.7 Å². The summed E-state index contributed by atoms with van der Waals surface area (Å²) in [7, 11) is 0. The Morgan fingerprint density at radius 1 is 0.567 bits per heavy atom. The van der Waals surface area contributed by atoms with E-state index in [1.54, 1.807) is 12.1 Å². The fourth-order valence-electron chi connectivity index (χ4n) is 6.23. The summed E-state index contributed by atoms with van der Waals surface area (Å²) in [6, 6.07) is 7.23. The Hall–Kier alpha value is -3.28. The fourth-order valence-corrected chi connectivity index (χ4v) is 6.23. The largest absolute Gasteiger partial charge is 0.386 e. The summed E-state index contributed by atoms with van der Waals surface area (Å²) in [4.78, 5) is 48.6. The first-order valence-electron chi connectivity index (χ1n) is 9.93. The lowest BCUT2D eigenvalue weighted by Crippen LogP contribution is -2.25. The van der Waals surface area contributed by atoms with Gasteiger partial charge < -0.3 is 9.47 Å². The average Bonchev–Trinajstić information content (AvgIpc) is 3.28. The molecule has 2 aliphatic heterocycles. The predicted octanol–water partition coefficient (Wildman–Crippen LogP) is 3.76. The molecule has 6 nitrogen and oxygen atoms in total. The van der Waals surface area contributed by atoms with Crippen LogP contribution in [0.2, 0.25) is 0 Å². The first-order chi connectivity index (χ1) is 14.0. The molecule has 0 amide bonds. The van der Waals surface area contributed by atoms with Gasteiger partial charge in [0.1, 0.15) is 0 Å². The van der Waals surface area contributed by atoms with E-state index in [1.165, 1.54) is 0 Å². The number of benzene rings is 2. The minimum atomic E-state index is -0.611. The van der Waals surface area contributed by atoms with Crippen LogP contribution in [-0.2, 0) is 20.3 Å². The minimum absolute atomic E-state index is 0.0277. The molecule has 2 aliphatic carbocycles. The van der Waals surface area contributed by atoms with Crippen LogP contribution in [0.25, 0.3) is 0 Å². The first-order valence-corrected chi connectivity index (χ1v) is 9.93. The van der Waals surface area contributed by atoms with E-state index in [0.29, 0.717) is 22.3 Å². The van der Waals surface area contributed by atoms with E-state index in [1.807, 2.05) is 12.1 Å². The monoisotopic (exact) mass is 402 g/mol. The standard InChI is InChI=1S/C24H18O6/c1-23(2)15-7-11-9(19(25)29-21(11)27)5-13(15)18-17(23)14-6-10-12(22(28)30-20(10)26)8-16(14)24(18,3)4/h5-8,17-18H,1-4H3. The maximum Gasteiger partial charge on any atom is 0.346 e. The molecule has 6 heteroatoms. The number of carbonyl (C=O) groups is 4. The summed E-state index contributed by atoms with van der Waals surface area (Å²) in [6.45, 7) is 8.47. The highest BCUT2D eigenvalue weighted by Gasteiger charge is 2.59. The van der Waals surface area contributed by atoms with E-state index in [4.69, 9.17) is 9.47 Å². The SMILES string of the molecule is CC1(C)c2cc3c(cc2C2C1c1cc4c(cc1C2(C)C)C(=O)OC4=O)C(=O)OC3=O. The van der Waals surface area contributed by atoms with Gasteiger partial charge in [0.2, 0.25) is 0 Å². The highest BCUT2D eigenvalue weighted by Crippen LogP contribution is 2.67. The van der Waals surface area contributed by atoms with Crippen molar-refractivity contribution in [1.82, 2.24) is 0 Å². The van der Waals surface area contributed by atoms with E-state index in [-0.39, 0.29) is 22.7 Å². The Labute approximate surface area is 172 Å². The quantitative estimate of drug-likeness (QED) is 0.493. The van der Waals surface area contributed by atoms with Crippen molar-refractivity contribution in [2.24, 2.45) is 0 Å². The molecule has 0 aromatic heterocycles. The summed E-state index contributed by atoms with van der Waals surface area (Å²) in [5.41, 5.74) is 4.60. The third-order valence-electron chi connectivity index (χ3n) is 7.58. The van der Waals surface area contributed by atoms with Gasteiger partial charge in [-0.25, -0.2) is 19.2 Å². The Morgan fingerprint density at radius 3 is 1.20 bits per heavy atom. The molecule has 150 valence electrons. The second-order valence-corrected chi connectivity index (χ2v) is 9.72. The van der Waals surface area contributed by atoms with Gasteiger partial charge in [-0.1, -0.05) is 27.7 Å². The van der Waals surface area contributed by atoms with Crippen molar-refractivity contribution in [2.45, 2.75) is 50.4 Å². The molecule has 0 radical (unpaired) electrons. The van der Waals surface area contributed by atoms with Crippen LogP contribution < -0.4 is 0 Å². The molecule has 2 atom stereocenters. The van der Waals surface area contributed by atoms with Crippen molar-refractivity contribution in [3.05, 3.63) is 68.8 Å². The van der Waals surface area contributed by atoms with Crippen LogP contribution in [-0.4, -0.2) is 23.9 Å². The number of hydrogen-bond donors (Lipinski definition) is 0. The molecule has 30 heavy (non-hydrogen) atoms. The summed E-state index contributed by atoms with van der Waals surface area (Å²) in [6.07, 6.45) is 0. The van der Waals surface area contributed by atoms with Crippen LogP contribution >= 0.6 is 0 Å². The van der Waals surface area contributed by atoms with Gasteiger partial charge in [-0.3, -0.25) is 0 Å². The van der Waals surface area contributed by atoms with Crippen molar-refractivity contribution >= 4 is 23.9 Å². The number of hydrogen-bond acceptors (Lipinski definition) is 6. The van der Waals surface area contributed by atoms with Gasteiger partial charge in [0.15, 0.2) is 0 Å². The van der Waals surface area contributed by atoms with Gasteiger partial charge in [-0.15, -0.1) is 0 Å². The molecule has 4 aliphatic rings. The molecular formula is C24H18O6. The Bertz CT molecular complexity index is 1180. The molecule has 0 fully saturated rings. The van der Waals surface area contributed by atoms with Crippen molar-refractivity contribution in [1.29, 1.82) is 0 Å². The molecule has 0 saturated carbocycles. The second-order valence-electron chi connectivity index (χ2n) is 9.72. The Kier molecular flexibility index (Phi) is 2.86. The lowest BCUT2D eigenvalue weighted by atomic mass is 9.72. The molecule has 2 aromatic carbocycles. The van der Waals surface area contributed by atoms with Crippen molar-refractivity contribution in [3.63, 3.8) is 0 Å². The predicted molar refractivity (Wildman–Crippen MR) is 104 cm³/mol. The number of esters is 4. The molecule has 0 bridgehead atoms. The zero-order valence-corrected chi connectivity index (χ0v) is 16.9. The van der Waals surface area contributed by atoms with Crippen molar-refractivity contribution < 1.29 is 28.7 Å². The molecule has 0 spiro atoms. The van der Waals surface area contributed by atoms with Gasteiger partial charge in [-0.05, 0) is 57.3 Å². The second kappa shape index (κ2) is 4.89. The fraction of sp³-hybridized carbons (Fsp3) is 0.333. The topological polar surface area (TPSA) is 86.7 Å².